The van der Waals surface area contributed by atoms with Gasteiger partial charge in [-0.2, -0.15) is 0 Å². The summed E-state index contributed by atoms with van der Waals surface area (Å²) in [4.78, 5) is 20.9. The maximum atomic E-state index is 12.1. The summed E-state index contributed by atoms with van der Waals surface area (Å²) in [5, 5.41) is 0.548. The first-order chi connectivity index (χ1) is 8.36. The van der Waals surface area contributed by atoms with Gasteiger partial charge in [0, 0.05) is 18.7 Å². The molecular formula is C13H18N4O. The van der Waals surface area contributed by atoms with E-state index < -0.39 is 0 Å². The van der Waals surface area contributed by atoms with Gasteiger partial charge in [-0.1, -0.05) is 26.8 Å². The molecule has 0 aliphatic rings. The molecule has 2 aromatic rings. The zero-order chi connectivity index (χ0) is 13.5. The third-order valence-electron chi connectivity index (χ3n) is 2.87. The van der Waals surface area contributed by atoms with Crippen molar-refractivity contribution in [3.63, 3.8) is 0 Å². The minimum absolute atomic E-state index is 0.0761. The van der Waals surface area contributed by atoms with Crippen molar-refractivity contribution in [3.8, 4) is 0 Å². The lowest BCUT2D eigenvalue weighted by atomic mass is 9.96. The van der Waals surface area contributed by atoms with Gasteiger partial charge in [-0.15, -0.1) is 6.58 Å². The molecule has 0 spiro atoms. The number of aromatic nitrogens is 4. The molecule has 0 amide bonds. The SMILES string of the molecule is C=CCn1c(=O)c2cnc(C(C)(C)C)nc2n1C. The van der Waals surface area contributed by atoms with Crippen LogP contribution in [0.1, 0.15) is 26.6 Å². The molecule has 18 heavy (non-hydrogen) atoms. The molecule has 5 nitrogen and oxygen atoms in total. The summed E-state index contributed by atoms with van der Waals surface area (Å²) >= 11 is 0. The van der Waals surface area contributed by atoms with Crippen molar-refractivity contribution in [2.45, 2.75) is 32.7 Å². The topological polar surface area (TPSA) is 52.7 Å². The van der Waals surface area contributed by atoms with E-state index in [-0.39, 0.29) is 11.0 Å². The zero-order valence-electron chi connectivity index (χ0n) is 11.3. The van der Waals surface area contributed by atoms with Crippen LogP contribution in [-0.2, 0) is 19.0 Å². The van der Waals surface area contributed by atoms with E-state index in [1.54, 1.807) is 21.6 Å². The zero-order valence-corrected chi connectivity index (χ0v) is 11.3. The van der Waals surface area contributed by atoms with Gasteiger partial charge in [0.2, 0.25) is 0 Å². The van der Waals surface area contributed by atoms with Gasteiger partial charge in [0.1, 0.15) is 11.2 Å². The highest BCUT2D eigenvalue weighted by atomic mass is 16.1. The molecule has 96 valence electrons. The standard InChI is InChI=1S/C13H18N4O/c1-6-7-17-11(18)9-8-14-12(13(2,3)4)15-10(9)16(17)5/h6,8H,1,7H2,2-5H3. The van der Waals surface area contributed by atoms with Crippen molar-refractivity contribution in [1.29, 1.82) is 0 Å². The smallest absolute Gasteiger partial charge is 0.268 e. The lowest BCUT2D eigenvalue weighted by molar-refractivity contribution is 0.535. The highest BCUT2D eigenvalue weighted by Gasteiger charge is 2.20. The van der Waals surface area contributed by atoms with Crippen LogP contribution in [-0.4, -0.2) is 19.3 Å². The molecule has 0 radical (unpaired) electrons. The Morgan fingerprint density at radius 2 is 2.11 bits per heavy atom. The second kappa shape index (κ2) is 4.08. The Labute approximate surface area is 106 Å². The van der Waals surface area contributed by atoms with Crippen LogP contribution in [0.2, 0.25) is 0 Å². The van der Waals surface area contributed by atoms with E-state index >= 15 is 0 Å². The van der Waals surface area contributed by atoms with Gasteiger partial charge in [0.05, 0.1) is 6.54 Å². The summed E-state index contributed by atoms with van der Waals surface area (Å²) in [7, 11) is 1.83. The predicted octanol–water partition coefficient (Wildman–Crippen LogP) is 1.61. The Morgan fingerprint density at radius 1 is 1.44 bits per heavy atom. The Hall–Kier alpha value is -1.91. The molecule has 0 atom stereocenters. The van der Waals surface area contributed by atoms with E-state index in [0.29, 0.717) is 17.6 Å². The van der Waals surface area contributed by atoms with Crippen molar-refractivity contribution in [3.05, 3.63) is 35.0 Å². The van der Waals surface area contributed by atoms with Crippen LogP contribution in [0.5, 0.6) is 0 Å². The van der Waals surface area contributed by atoms with Crippen LogP contribution in [0.3, 0.4) is 0 Å². The summed E-state index contributed by atoms with van der Waals surface area (Å²) in [5.74, 6) is 0.737. The highest BCUT2D eigenvalue weighted by Crippen LogP contribution is 2.19. The molecule has 2 rings (SSSR count). The van der Waals surface area contributed by atoms with E-state index in [1.165, 1.54) is 0 Å². The fourth-order valence-electron chi connectivity index (χ4n) is 1.85. The minimum Gasteiger partial charge on any atom is -0.268 e. The summed E-state index contributed by atoms with van der Waals surface area (Å²) in [6.45, 7) is 10.3. The van der Waals surface area contributed by atoms with Gasteiger partial charge in [-0.05, 0) is 0 Å². The summed E-state index contributed by atoms with van der Waals surface area (Å²) < 4.78 is 3.36. The molecule has 0 saturated heterocycles. The molecule has 5 heteroatoms. The van der Waals surface area contributed by atoms with E-state index in [0.717, 1.165) is 5.82 Å². The number of nitrogens with zero attached hydrogens (tertiary/aromatic N) is 4. The molecule has 2 heterocycles. The molecule has 0 unspecified atom stereocenters. The van der Waals surface area contributed by atoms with Crippen LogP contribution in [0.15, 0.2) is 23.6 Å². The number of allylic oxidation sites excluding steroid dienone is 1. The van der Waals surface area contributed by atoms with Crippen molar-refractivity contribution in [2.24, 2.45) is 7.05 Å². The lowest BCUT2D eigenvalue weighted by Gasteiger charge is -2.15. The van der Waals surface area contributed by atoms with E-state index in [9.17, 15) is 4.79 Å². The highest BCUT2D eigenvalue weighted by molar-refractivity contribution is 5.73. The maximum Gasteiger partial charge on any atom is 0.278 e. The molecule has 0 aliphatic carbocycles. The molecule has 2 aromatic heterocycles. The molecule has 0 saturated carbocycles. The van der Waals surface area contributed by atoms with Crippen LogP contribution < -0.4 is 5.56 Å². The summed E-state index contributed by atoms with van der Waals surface area (Å²) in [5.41, 5.74) is 0.458. The molecule has 0 aliphatic heterocycles. The Morgan fingerprint density at radius 3 is 2.67 bits per heavy atom. The van der Waals surface area contributed by atoms with Gasteiger partial charge < -0.3 is 0 Å². The summed E-state index contributed by atoms with van der Waals surface area (Å²) in [6.07, 6.45) is 3.31. The van der Waals surface area contributed by atoms with Gasteiger partial charge in [0.25, 0.3) is 5.56 Å². The molecule has 0 fully saturated rings. The first kappa shape index (κ1) is 12.5. The molecule has 0 bridgehead atoms. The number of hydrogen-bond acceptors (Lipinski definition) is 3. The van der Waals surface area contributed by atoms with Gasteiger partial charge in [-0.3, -0.25) is 9.48 Å². The second-order valence-corrected chi connectivity index (χ2v) is 5.38. The predicted molar refractivity (Wildman–Crippen MR) is 71.7 cm³/mol. The third kappa shape index (κ3) is 1.85. The first-order valence-corrected chi connectivity index (χ1v) is 5.90. The Kier molecular flexibility index (Phi) is 2.84. The van der Waals surface area contributed by atoms with Gasteiger partial charge in [0.15, 0.2) is 5.65 Å². The van der Waals surface area contributed by atoms with Crippen molar-refractivity contribution in [2.75, 3.05) is 0 Å². The van der Waals surface area contributed by atoms with Crippen LogP contribution in [0.25, 0.3) is 11.0 Å². The third-order valence-corrected chi connectivity index (χ3v) is 2.87. The van der Waals surface area contributed by atoms with Gasteiger partial charge >= 0.3 is 0 Å². The first-order valence-electron chi connectivity index (χ1n) is 5.90. The fraction of sp³-hybridized carbons (Fsp3) is 0.462. The van der Waals surface area contributed by atoms with Crippen LogP contribution >= 0.6 is 0 Å². The largest absolute Gasteiger partial charge is 0.278 e. The molecule has 0 N–H and O–H groups in total. The minimum atomic E-state index is -0.134. The van der Waals surface area contributed by atoms with E-state index in [2.05, 4.69) is 16.5 Å². The van der Waals surface area contributed by atoms with Crippen molar-refractivity contribution >= 4 is 11.0 Å². The number of rotatable bonds is 2. The second-order valence-electron chi connectivity index (χ2n) is 5.38. The van der Waals surface area contributed by atoms with Gasteiger partial charge in [-0.25, -0.2) is 14.6 Å². The number of fused-ring (bicyclic) bond motifs is 1. The number of hydrogen-bond donors (Lipinski definition) is 0. The monoisotopic (exact) mass is 246 g/mol. The average molecular weight is 246 g/mol. The maximum absolute atomic E-state index is 12.1. The molecule has 0 aromatic carbocycles. The fourth-order valence-corrected chi connectivity index (χ4v) is 1.85. The van der Waals surface area contributed by atoms with Crippen LogP contribution in [0.4, 0.5) is 0 Å². The normalized spacial score (nSPS) is 12.0. The van der Waals surface area contributed by atoms with Crippen molar-refractivity contribution in [1.82, 2.24) is 19.3 Å². The van der Waals surface area contributed by atoms with Crippen LogP contribution in [0, 0.1) is 0 Å². The van der Waals surface area contributed by atoms with E-state index in [1.807, 2.05) is 27.8 Å². The summed E-state index contributed by atoms with van der Waals surface area (Å²) in [6, 6.07) is 0. The molecular weight excluding hydrogens is 228 g/mol. The Balaban J connectivity index is 2.75. The van der Waals surface area contributed by atoms with Crippen molar-refractivity contribution < 1.29 is 0 Å². The van der Waals surface area contributed by atoms with E-state index in [4.69, 9.17) is 0 Å². The quantitative estimate of drug-likeness (QED) is 0.756. The Bertz CT molecular complexity index is 658. The number of aryl methyl sites for hydroxylation is 1. The average Bonchev–Trinajstić information content (AvgIpc) is 2.53. The lowest BCUT2D eigenvalue weighted by Crippen LogP contribution is -2.20.